The predicted octanol–water partition coefficient (Wildman–Crippen LogP) is 3.84. The van der Waals surface area contributed by atoms with Crippen molar-refractivity contribution in [3.63, 3.8) is 0 Å². The highest BCUT2D eigenvalue weighted by atomic mass is 16.5. The number of fused-ring (bicyclic) bond motifs is 2. The first-order valence-corrected chi connectivity index (χ1v) is 8.81. The Morgan fingerprint density at radius 1 is 1.12 bits per heavy atom. The minimum atomic E-state index is -0.885. The van der Waals surface area contributed by atoms with Gasteiger partial charge in [-0.2, -0.15) is 0 Å². The second-order valence-corrected chi connectivity index (χ2v) is 6.62. The van der Waals surface area contributed by atoms with Crippen molar-refractivity contribution >= 4 is 28.5 Å². The fourth-order valence-electron chi connectivity index (χ4n) is 3.41. The van der Waals surface area contributed by atoms with E-state index in [4.69, 9.17) is 4.74 Å². The molecule has 0 unspecified atom stereocenters. The molecule has 0 spiro atoms. The number of aryl methyl sites for hydroxylation is 2. The lowest BCUT2D eigenvalue weighted by Gasteiger charge is -2.14. The summed E-state index contributed by atoms with van der Waals surface area (Å²) in [7, 11) is 0. The van der Waals surface area contributed by atoms with E-state index in [1.54, 1.807) is 13.1 Å². The Balaban J connectivity index is 1.43. The number of aromatic amines is 1. The summed E-state index contributed by atoms with van der Waals surface area (Å²) in [4.78, 5) is 27.8. The van der Waals surface area contributed by atoms with Gasteiger partial charge in [-0.25, -0.2) is 4.79 Å². The first-order valence-electron chi connectivity index (χ1n) is 8.81. The van der Waals surface area contributed by atoms with Crippen LogP contribution in [0.25, 0.3) is 10.9 Å². The molecule has 1 aliphatic carbocycles. The number of anilines is 1. The molecule has 2 aromatic carbocycles. The Labute approximate surface area is 151 Å². The van der Waals surface area contributed by atoms with Crippen LogP contribution >= 0.6 is 0 Å². The SMILES string of the molecule is C[C@H](OC(=O)c1c[nH]c2ccccc12)C(=O)Nc1ccc2c(c1)CCC2. The summed E-state index contributed by atoms with van der Waals surface area (Å²) in [6.45, 7) is 1.58. The van der Waals surface area contributed by atoms with E-state index in [9.17, 15) is 9.59 Å². The number of hydrogen-bond donors (Lipinski definition) is 2. The summed E-state index contributed by atoms with van der Waals surface area (Å²) in [5.74, 6) is -0.852. The number of H-pyrrole nitrogens is 1. The number of benzene rings is 2. The van der Waals surface area contributed by atoms with Crippen LogP contribution in [0.1, 0.15) is 34.8 Å². The number of amides is 1. The zero-order valence-corrected chi connectivity index (χ0v) is 14.5. The highest BCUT2D eigenvalue weighted by molar-refractivity contribution is 6.05. The van der Waals surface area contributed by atoms with Crippen molar-refractivity contribution in [2.45, 2.75) is 32.3 Å². The average Bonchev–Trinajstić information content (AvgIpc) is 3.27. The number of carbonyl (C=O) groups is 2. The molecule has 4 rings (SSSR count). The molecule has 1 aliphatic rings. The number of para-hydroxylation sites is 1. The van der Waals surface area contributed by atoms with E-state index in [-0.39, 0.29) is 5.91 Å². The van der Waals surface area contributed by atoms with Crippen LogP contribution in [-0.2, 0) is 22.4 Å². The molecule has 5 heteroatoms. The summed E-state index contributed by atoms with van der Waals surface area (Å²) in [6.07, 6.45) is 4.03. The third-order valence-electron chi connectivity index (χ3n) is 4.83. The Bertz CT molecular complexity index is 990. The van der Waals surface area contributed by atoms with Gasteiger partial charge in [0.15, 0.2) is 6.10 Å². The number of nitrogens with one attached hydrogen (secondary N) is 2. The number of hydrogen-bond acceptors (Lipinski definition) is 3. The van der Waals surface area contributed by atoms with Crippen LogP contribution < -0.4 is 5.32 Å². The summed E-state index contributed by atoms with van der Waals surface area (Å²) in [6, 6.07) is 13.4. The van der Waals surface area contributed by atoms with E-state index in [2.05, 4.69) is 16.4 Å². The molecule has 0 saturated heterocycles. The highest BCUT2D eigenvalue weighted by Crippen LogP contribution is 2.25. The molecule has 5 nitrogen and oxygen atoms in total. The van der Waals surface area contributed by atoms with E-state index < -0.39 is 12.1 Å². The van der Waals surface area contributed by atoms with Crippen LogP contribution in [0.5, 0.6) is 0 Å². The number of aromatic nitrogens is 1. The Hall–Kier alpha value is -3.08. The minimum Gasteiger partial charge on any atom is -0.449 e. The number of ether oxygens (including phenoxy) is 1. The normalized spacial score (nSPS) is 14.0. The topological polar surface area (TPSA) is 71.2 Å². The van der Waals surface area contributed by atoms with E-state index in [1.165, 1.54) is 11.1 Å². The molecular formula is C21H20N2O3. The lowest BCUT2D eigenvalue weighted by atomic mass is 10.1. The molecule has 0 radical (unpaired) electrons. The van der Waals surface area contributed by atoms with Crippen LogP contribution in [0.4, 0.5) is 5.69 Å². The molecule has 1 amide bonds. The Morgan fingerprint density at radius 2 is 1.92 bits per heavy atom. The molecule has 3 aromatic rings. The minimum absolute atomic E-state index is 0.337. The maximum Gasteiger partial charge on any atom is 0.341 e. The largest absolute Gasteiger partial charge is 0.449 e. The van der Waals surface area contributed by atoms with E-state index in [1.807, 2.05) is 36.4 Å². The number of carbonyl (C=O) groups excluding carboxylic acids is 2. The van der Waals surface area contributed by atoms with Crippen LogP contribution in [0.2, 0.25) is 0 Å². The van der Waals surface area contributed by atoms with Gasteiger partial charge in [-0.15, -0.1) is 0 Å². The van der Waals surface area contributed by atoms with Crippen LogP contribution in [0.3, 0.4) is 0 Å². The van der Waals surface area contributed by atoms with Crippen molar-refractivity contribution in [1.82, 2.24) is 4.98 Å². The Kier molecular flexibility index (Phi) is 4.21. The van der Waals surface area contributed by atoms with Crippen molar-refractivity contribution in [3.8, 4) is 0 Å². The fourth-order valence-corrected chi connectivity index (χ4v) is 3.41. The quantitative estimate of drug-likeness (QED) is 0.704. The number of rotatable bonds is 4. The highest BCUT2D eigenvalue weighted by Gasteiger charge is 2.21. The zero-order chi connectivity index (χ0) is 18.1. The smallest absolute Gasteiger partial charge is 0.341 e. The predicted molar refractivity (Wildman–Crippen MR) is 100 cm³/mol. The standard InChI is InChI=1S/C21H20N2O3/c1-13(20(24)23-16-10-9-14-5-4-6-15(14)11-16)26-21(25)18-12-22-19-8-3-2-7-17(18)19/h2-3,7-13,22H,4-6H2,1H3,(H,23,24)/t13-/m0/s1. The van der Waals surface area contributed by atoms with E-state index in [0.717, 1.165) is 35.9 Å². The van der Waals surface area contributed by atoms with Gasteiger partial charge in [-0.05, 0) is 55.5 Å². The third-order valence-corrected chi connectivity index (χ3v) is 4.83. The second kappa shape index (κ2) is 6.67. The van der Waals surface area contributed by atoms with Gasteiger partial charge in [0.2, 0.25) is 0 Å². The molecule has 2 N–H and O–H groups in total. The monoisotopic (exact) mass is 348 g/mol. The van der Waals surface area contributed by atoms with Crippen molar-refractivity contribution in [1.29, 1.82) is 0 Å². The number of esters is 1. The lowest BCUT2D eigenvalue weighted by molar-refractivity contribution is -0.123. The van der Waals surface area contributed by atoms with Gasteiger partial charge in [0.1, 0.15) is 0 Å². The molecule has 0 bridgehead atoms. The summed E-state index contributed by atoms with van der Waals surface area (Å²) in [5.41, 5.74) is 4.66. The van der Waals surface area contributed by atoms with Gasteiger partial charge < -0.3 is 15.0 Å². The zero-order valence-electron chi connectivity index (χ0n) is 14.5. The lowest BCUT2D eigenvalue weighted by Crippen LogP contribution is -2.30. The van der Waals surface area contributed by atoms with Crippen molar-refractivity contribution < 1.29 is 14.3 Å². The van der Waals surface area contributed by atoms with Gasteiger partial charge in [0, 0.05) is 22.8 Å². The Morgan fingerprint density at radius 3 is 2.81 bits per heavy atom. The molecule has 1 atom stereocenters. The molecule has 1 aromatic heterocycles. The maximum atomic E-state index is 12.4. The van der Waals surface area contributed by atoms with Gasteiger partial charge in [0.25, 0.3) is 5.91 Å². The van der Waals surface area contributed by atoms with Crippen molar-refractivity contribution in [2.75, 3.05) is 5.32 Å². The average molecular weight is 348 g/mol. The molecule has 26 heavy (non-hydrogen) atoms. The summed E-state index contributed by atoms with van der Waals surface area (Å²) in [5, 5.41) is 3.62. The van der Waals surface area contributed by atoms with Gasteiger partial charge in [-0.3, -0.25) is 4.79 Å². The van der Waals surface area contributed by atoms with Gasteiger partial charge in [-0.1, -0.05) is 24.3 Å². The second-order valence-electron chi connectivity index (χ2n) is 6.62. The van der Waals surface area contributed by atoms with Crippen molar-refractivity contribution in [3.05, 3.63) is 65.4 Å². The molecular weight excluding hydrogens is 328 g/mol. The van der Waals surface area contributed by atoms with E-state index >= 15 is 0 Å². The summed E-state index contributed by atoms with van der Waals surface area (Å²) < 4.78 is 5.36. The molecule has 132 valence electrons. The van der Waals surface area contributed by atoms with Crippen LogP contribution in [-0.4, -0.2) is 23.0 Å². The molecule has 0 aliphatic heterocycles. The molecule has 0 fully saturated rings. The van der Waals surface area contributed by atoms with Crippen LogP contribution in [0.15, 0.2) is 48.7 Å². The van der Waals surface area contributed by atoms with Crippen LogP contribution in [0, 0.1) is 0 Å². The molecule has 0 saturated carbocycles. The first-order chi connectivity index (χ1) is 12.6. The van der Waals surface area contributed by atoms with E-state index in [0.29, 0.717) is 5.56 Å². The molecule has 1 heterocycles. The van der Waals surface area contributed by atoms with Gasteiger partial charge in [0.05, 0.1) is 5.56 Å². The maximum absolute atomic E-state index is 12.4. The van der Waals surface area contributed by atoms with Crippen molar-refractivity contribution in [2.24, 2.45) is 0 Å². The fraction of sp³-hybridized carbons (Fsp3) is 0.238. The summed E-state index contributed by atoms with van der Waals surface area (Å²) >= 11 is 0. The third kappa shape index (κ3) is 3.08. The first kappa shape index (κ1) is 16.4. The van der Waals surface area contributed by atoms with Gasteiger partial charge >= 0.3 is 5.97 Å².